The first-order chi connectivity index (χ1) is 16.4. The zero-order valence-electron chi connectivity index (χ0n) is 18.2. The average molecular weight is 501 g/mol. The maximum atomic E-state index is 13.2. The second-order valence-corrected chi connectivity index (χ2v) is 8.62. The maximum Gasteiger partial charge on any atom is 0.416 e. The van der Waals surface area contributed by atoms with Gasteiger partial charge >= 0.3 is 18.4 Å². The number of nitrogens with zero attached hydrogens (tertiary/aromatic N) is 1. The molecule has 2 aliphatic rings. The Morgan fingerprint density at radius 2 is 1.43 bits per heavy atom. The van der Waals surface area contributed by atoms with Crippen molar-refractivity contribution in [3.8, 4) is 0 Å². The molecule has 0 spiro atoms. The van der Waals surface area contributed by atoms with Crippen molar-refractivity contribution in [2.24, 2.45) is 5.92 Å². The summed E-state index contributed by atoms with van der Waals surface area (Å²) in [5.41, 5.74) is -2.96. The summed E-state index contributed by atoms with van der Waals surface area (Å²) < 4.78 is 90.1. The maximum absolute atomic E-state index is 13.2. The highest BCUT2D eigenvalue weighted by Gasteiger charge is 2.45. The highest BCUT2D eigenvalue weighted by molar-refractivity contribution is 5.98. The second-order valence-electron chi connectivity index (χ2n) is 8.62. The number of ketones is 1. The van der Waals surface area contributed by atoms with Crippen molar-refractivity contribution in [1.29, 1.82) is 0 Å². The zero-order chi connectivity index (χ0) is 25.4. The minimum absolute atomic E-state index is 0.00922. The molecule has 11 heteroatoms. The Morgan fingerprint density at radius 1 is 0.886 bits per heavy atom. The molecular weight excluding hydrogens is 480 g/mol. The van der Waals surface area contributed by atoms with Crippen LogP contribution in [0.2, 0.25) is 0 Å². The number of ether oxygens (including phenoxy) is 2. The third kappa shape index (κ3) is 5.61. The first kappa shape index (κ1) is 25.0. The molecule has 2 saturated heterocycles. The summed E-state index contributed by atoms with van der Waals surface area (Å²) in [6, 6.07) is 8.68. The number of benzene rings is 2. The Hall–Kier alpha value is -3.08. The smallest absolute Gasteiger partial charge is 0.416 e. The number of hydrogen-bond donors (Lipinski definition) is 0. The van der Waals surface area contributed by atoms with Gasteiger partial charge in [0.2, 0.25) is 0 Å². The van der Waals surface area contributed by atoms with Crippen LogP contribution in [0.5, 0.6) is 0 Å². The minimum Gasteiger partial charge on any atom is -0.445 e. The largest absolute Gasteiger partial charge is 0.445 e. The lowest BCUT2D eigenvalue weighted by molar-refractivity contribution is -0.143. The summed E-state index contributed by atoms with van der Waals surface area (Å²) in [6.07, 6.45) is -10.6. The summed E-state index contributed by atoms with van der Waals surface area (Å²) in [5, 5.41) is 0. The van der Waals surface area contributed by atoms with Gasteiger partial charge in [-0.25, -0.2) is 4.79 Å². The van der Waals surface area contributed by atoms with Crippen molar-refractivity contribution in [1.82, 2.24) is 4.90 Å². The predicted octanol–water partition coefficient (Wildman–Crippen LogP) is 5.72. The number of rotatable bonds is 4. The van der Waals surface area contributed by atoms with Gasteiger partial charge in [-0.05, 0) is 36.6 Å². The fourth-order valence-electron chi connectivity index (χ4n) is 4.55. The Bertz CT molecular complexity index is 1040. The van der Waals surface area contributed by atoms with Gasteiger partial charge in [0, 0.05) is 11.5 Å². The Morgan fingerprint density at radius 3 is 1.94 bits per heavy atom. The molecular formula is C24H21F6NO4. The van der Waals surface area contributed by atoms with Crippen LogP contribution < -0.4 is 0 Å². The first-order valence-corrected chi connectivity index (χ1v) is 10.8. The fraction of sp³-hybridized carbons (Fsp3) is 0.417. The summed E-state index contributed by atoms with van der Waals surface area (Å²) in [4.78, 5) is 27.3. The number of carbonyl (C=O) groups excluding carboxylic acids is 2. The van der Waals surface area contributed by atoms with Crippen molar-refractivity contribution in [3.05, 3.63) is 70.8 Å². The first-order valence-electron chi connectivity index (χ1n) is 10.8. The van der Waals surface area contributed by atoms with Crippen LogP contribution in [0, 0.1) is 5.92 Å². The summed E-state index contributed by atoms with van der Waals surface area (Å²) in [5.74, 6) is -1.69. The lowest BCUT2D eigenvalue weighted by atomic mass is 9.80. The van der Waals surface area contributed by atoms with Gasteiger partial charge in [-0.1, -0.05) is 30.3 Å². The molecule has 2 heterocycles. The number of piperidine rings is 1. The quantitative estimate of drug-likeness (QED) is 0.397. The van der Waals surface area contributed by atoms with E-state index >= 15 is 0 Å². The van der Waals surface area contributed by atoms with Gasteiger partial charge < -0.3 is 9.47 Å². The van der Waals surface area contributed by atoms with Gasteiger partial charge in [-0.3, -0.25) is 9.69 Å². The molecule has 188 valence electrons. The van der Waals surface area contributed by atoms with Crippen LogP contribution in [0.1, 0.15) is 39.9 Å². The monoisotopic (exact) mass is 501 g/mol. The van der Waals surface area contributed by atoms with E-state index in [2.05, 4.69) is 0 Å². The van der Waals surface area contributed by atoms with Crippen LogP contribution in [-0.4, -0.2) is 42.1 Å². The summed E-state index contributed by atoms with van der Waals surface area (Å²) in [7, 11) is 0. The normalized spacial score (nSPS) is 22.6. The molecule has 2 aromatic carbocycles. The number of carbonyl (C=O) groups is 2. The van der Waals surface area contributed by atoms with Crippen LogP contribution >= 0.6 is 0 Å². The molecule has 1 amide bonds. The van der Waals surface area contributed by atoms with Crippen molar-refractivity contribution < 1.29 is 45.4 Å². The lowest BCUT2D eigenvalue weighted by Gasteiger charge is -2.47. The molecule has 35 heavy (non-hydrogen) atoms. The van der Waals surface area contributed by atoms with Gasteiger partial charge in [0.05, 0.1) is 36.4 Å². The van der Waals surface area contributed by atoms with Crippen molar-refractivity contribution in [3.63, 3.8) is 0 Å². The SMILES string of the molecule is O=C(c1cc(C(F)(F)F)cc(C(F)(F)F)c1)C1CC2COCC(C1)N2C(=O)OCc1ccccc1. The predicted molar refractivity (Wildman–Crippen MR) is 110 cm³/mol. The van der Waals surface area contributed by atoms with Crippen molar-refractivity contribution >= 4 is 11.9 Å². The van der Waals surface area contributed by atoms with Crippen LogP contribution in [0.3, 0.4) is 0 Å². The fourth-order valence-corrected chi connectivity index (χ4v) is 4.55. The number of alkyl halides is 6. The topological polar surface area (TPSA) is 55.8 Å². The number of hydrogen-bond acceptors (Lipinski definition) is 4. The van der Waals surface area contributed by atoms with E-state index in [4.69, 9.17) is 9.47 Å². The van der Waals surface area contributed by atoms with Crippen LogP contribution in [-0.2, 0) is 28.4 Å². The van der Waals surface area contributed by atoms with Crippen molar-refractivity contribution in [2.75, 3.05) is 13.2 Å². The molecule has 2 unspecified atom stereocenters. The summed E-state index contributed by atoms with van der Waals surface area (Å²) in [6.45, 7) is 0.192. The van der Waals surface area contributed by atoms with E-state index in [0.29, 0.717) is 12.1 Å². The van der Waals surface area contributed by atoms with E-state index < -0.39 is 58.9 Å². The van der Waals surface area contributed by atoms with E-state index in [1.54, 1.807) is 24.3 Å². The molecule has 0 radical (unpaired) electrons. The van der Waals surface area contributed by atoms with E-state index in [0.717, 1.165) is 5.56 Å². The van der Waals surface area contributed by atoms with Crippen LogP contribution in [0.25, 0.3) is 0 Å². The van der Waals surface area contributed by atoms with Gasteiger partial charge in [0.1, 0.15) is 6.61 Å². The van der Waals surface area contributed by atoms with Gasteiger partial charge in [-0.15, -0.1) is 0 Å². The second kappa shape index (κ2) is 9.52. The lowest BCUT2D eigenvalue weighted by Crippen LogP contribution is -2.59. The molecule has 0 N–H and O–H groups in total. The van der Waals surface area contributed by atoms with Gasteiger partial charge in [0.25, 0.3) is 0 Å². The average Bonchev–Trinajstić information content (AvgIpc) is 2.80. The van der Waals surface area contributed by atoms with E-state index in [-0.39, 0.29) is 38.7 Å². The van der Waals surface area contributed by atoms with Crippen LogP contribution in [0.4, 0.5) is 31.1 Å². The molecule has 2 fully saturated rings. The molecule has 5 nitrogen and oxygen atoms in total. The third-order valence-corrected chi connectivity index (χ3v) is 6.18. The molecule has 0 saturated carbocycles. The molecule has 2 bridgehead atoms. The zero-order valence-corrected chi connectivity index (χ0v) is 18.2. The Labute approximate surface area is 196 Å². The molecule has 2 aliphatic heterocycles. The van der Waals surface area contributed by atoms with Gasteiger partial charge in [-0.2, -0.15) is 26.3 Å². The minimum atomic E-state index is -5.05. The molecule has 2 atom stereocenters. The number of halogens is 6. The molecule has 0 aliphatic carbocycles. The molecule has 2 aromatic rings. The highest BCUT2D eigenvalue weighted by atomic mass is 19.4. The number of amides is 1. The van der Waals surface area contributed by atoms with Gasteiger partial charge in [0.15, 0.2) is 5.78 Å². The standard InChI is InChI=1S/C24H21F6NO4/c25-23(26,27)17-6-15(7-18(10-17)24(28,29)30)21(32)16-8-19-12-34-13-20(9-16)31(19)22(33)35-11-14-4-2-1-3-5-14/h1-7,10,16,19-20H,8-9,11-13H2. The molecule has 0 aromatic heterocycles. The van der Waals surface area contributed by atoms with Crippen molar-refractivity contribution in [2.45, 2.75) is 43.9 Å². The Balaban J connectivity index is 1.52. The summed E-state index contributed by atoms with van der Waals surface area (Å²) >= 11 is 0. The highest BCUT2D eigenvalue weighted by Crippen LogP contribution is 2.39. The number of morpholine rings is 1. The Kier molecular flexibility index (Phi) is 6.81. The number of Topliss-reactive ketones (excluding diaryl/α,β-unsaturated/α-hetero) is 1. The third-order valence-electron chi connectivity index (χ3n) is 6.18. The molecule has 4 rings (SSSR count). The number of fused-ring (bicyclic) bond motifs is 2. The van der Waals surface area contributed by atoms with E-state index in [9.17, 15) is 35.9 Å². The van der Waals surface area contributed by atoms with E-state index in [1.165, 1.54) is 4.90 Å². The van der Waals surface area contributed by atoms with Crippen LogP contribution in [0.15, 0.2) is 48.5 Å². The van der Waals surface area contributed by atoms with E-state index in [1.807, 2.05) is 6.07 Å².